The Hall–Kier alpha value is -1.70. The zero-order valence-corrected chi connectivity index (χ0v) is 25.8. The molecule has 0 aliphatic carbocycles. The van der Waals surface area contributed by atoms with Gasteiger partial charge in [-0.2, -0.15) is 0 Å². The first kappa shape index (κ1) is 34.3. The predicted molar refractivity (Wildman–Crippen MR) is 155 cm³/mol. The van der Waals surface area contributed by atoms with Crippen LogP contribution in [0.15, 0.2) is 51.5 Å². The second-order valence-corrected chi connectivity index (χ2v) is 13.2. The molecule has 1 atom stereocenters. The molecular formula is C28H46ClN2O6P. The van der Waals surface area contributed by atoms with Gasteiger partial charge in [0.05, 0.1) is 12.7 Å². The van der Waals surface area contributed by atoms with Crippen molar-refractivity contribution in [3.63, 3.8) is 0 Å². The highest BCUT2D eigenvalue weighted by molar-refractivity contribution is 7.51. The van der Waals surface area contributed by atoms with Crippen LogP contribution in [0.3, 0.4) is 0 Å². The lowest BCUT2D eigenvalue weighted by Gasteiger charge is -2.27. The van der Waals surface area contributed by atoms with E-state index < -0.39 is 18.6 Å². The molecule has 1 heterocycles. The first-order valence-corrected chi connectivity index (χ1v) is 15.2. The molecule has 0 spiro atoms. The van der Waals surface area contributed by atoms with Crippen molar-refractivity contribution in [1.29, 1.82) is 0 Å². The monoisotopic (exact) mass is 572 g/mol. The number of nitrogens with zero attached hydrogens (tertiary/aromatic N) is 2. The fourth-order valence-corrected chi connectivity index (χ4v) is 5.26. The number of hydrogen-bond donors (Lipinski definition) is 0. The van der Waals surface area contributed by atoms with Crippen LogP contribution in [0.2, 0.25) is 0 Å². The van der Waals surface area contributed by atoms with Crippen molar-refractivity contribution in [3.8, 4) is 0 Å². The van der Waals surface area contributed by atoms with Gasteiger partial charge in [-0.05, 0) is 77.8 Å². The highest BCUT2D eigenvalue weighted by Gasteiger charge is 2.31. The van der Waals surface area contributed by atoms with E-state index in [1.54, 1.807) is 11.7 Å². The van der Waals surface area contributed by atoms with Gasteiger partial charge in [-0.15, -0.1) is 11.6 Å². The number of rotatable bonds is 18. The van der Waals surface area contributed by atoms with Gasteiger partial charge >= 0.3 is 13.6 Å². The second kappa shape index (κ2) is 17.1. The van der Waals surface area contributed by atoms with Crippen molar-refractivity contribution in [2.75, 3.05) is 26.1 Å². The summed E-state index contributed by atoms with van der Waals surface area (Å²) in [6.07, 6.45) is 11.9. The number of allylic oxidation sites excluding steroid dienone is 5. The predicted octanol–water partition coefficient (Wildman–Crippen LogP) is 9.23. The third-order valence-electron chi connectivity index (χ3n) is 6.01. The summed E-state index contributed by atoms with van der Waals surface area (Å²) in [6, 6.07) is 2.67. The minimum atomic E-state index is -3.70. The SMILES string of the molecule is CC(C)=CCC/C(C)=C/CC/C(=C/COP(=O)(OCc1ccc([N+](=O)[O-])o1)N(C)CCCCCl)C(C)(C)C. The zero-order chi connectivity index (χ0) is 28.8. The highest BCUT2D eigenvalue weighted by atomic mass is 35.5. The van der Waals surface area contributed by atoms with Gasteiger partial charge < -0.3 is 4.42 Å². The van der Waals surface area contributed by atoms with Crippen LogP contribution in [0.4, 0.5) is 5.88 Å². The first-order valence-electron chi connectivity index (χ1n) is 13.2. The number of unbranched alkanes of at least 4 members (excludes halogenated alkanes) is 1. The average molecular weight is 573 g/mol. The molecule has 8 nitrogen and oxygen atoms in total. The largest absolute Gasteiger partial charge is 0.433 e. The standard InChI is InChI=1S/C28H46ClN2O6P/c1-23(2)12-10-13-24(3)14-11-15-25(28(4,5)6)18-21-35-38(34,30(7)20-9-8-19-29)36-22-26-16-17-27(37-26)31(32)33/h12,14,16-18H,8-11,13,15,19-22H2,1-7H3/b24-14+,25-18-. The summed E-state index contributed by atoms with van der Waals surface area (Å²) >= 11 is 5.80. The van der Waals surface area contributed by atoms with Crippen molar-refractivity contribution in [2.24, 2.45) is 5.41 Å². The Morgan fingerprint density at radius 3 is 2.37 bits per heavy atom. The summed E-state index contributed by atoms with van der Waals surface area (Å²) in [4.78, 5) is 10.3. The van der Waals surface area contributed by atoms with Gasteiger partial charge in [-0.25, -0.2) is 9.24 Å². The zero-order valence-electron chi connectivity index (χ0n) is 24.1. The van der Waals surface area contributed by atoms with Crippen LogP contribution in [-0.4, -0.2) is 35.7 Å². The van der Waals surface area contributed by atoms with Crippen molar-refractivity contribution in [1.82, 2.24) is 4.67 Å². The number of nitro groups is 1. The van der Waals surface area contributed by atoms with Gasteiger partial charge in [0.2, 0.25) is 0 Å². The van der Waals surface area contributed by atoms with Crippen molar-refractivity contribution in [2.45, 2.75) is 86.7 Å². The Morgan fingerprint density at radius 2 is 1.79 bits per heavy atom. The maximum atomic E-state index is 13.7. The van der Waals surface area contributed by atoms with Crippen molar-refractivity contribution in [3.05, 3.63) is 63.0 Å². The van der Waals surface area contributed by atoms with E-state index in [1.807, 2.05) is 6.08 Å². The lowest BCUT2D eigenvalue weighted by Crippen LogP contribution is -2.20. The van der Waals surface area contributed by atoms with E-state index in [2.05, 4.69) is 53.7 Å². The molecule has 1 unspecified atom stereocenters. The van der Waals surface area contributed by atoms with Crippen LogP contribution in [-0.2, 0) is 20.2 Å². The van der Waals surface area contributed by atoms with Gasteiger partial charge in [0.15, 0.2) is 0 Å². The summed E-state index contributed by atoms with van der Waals surface area (Å²) in [5, 5.41) is 10.9. The smallest absolute Gasteiger partial charge is 0.403 e. The minimum Gasteiger partial charge on any atom is -0.403 e. The quantitative estimate of drug-likeness (QED) is 0.0432. The Bertz CT molecular complexity index is 1010. The molecule has 0 aliphatic heterocycles. The lowest BCUT2D eigenvalue weighted by atomic mass is 9.83. The maximum Gasteiger partial charge on any atom is 0.433 e. The molecule has 0 radical (unpaired) electrons. The molecule has 0 saturated carbocycles. The number of furan rings is 1. The van der Waals surface area contributed by atoms with E-state index >= 15 is 0 Å². The fourth-order valence-electron chi connectivity index (χ4n) is 3.66. The van der Waals surface area contributed by atoms with E-state index in [0.717, 1.165) is 38.5 Å². The molecule has 0 aliphatic rings. The Kier molecular flexibility index (Phi) is 15.4. The summed E-state index contributed by atoms with van der Waals surface area (Å²) in [5.74, 6) is 0.317. The number of hydrogen-bond acceptors (Lipinski definition) is 6. The van der Waals surface area contributed by atoms with E-state index in [4.69, 9.17) is 25.1 Å². The van der Waals surface area contributed by atoms with Crippen LogP contribution in [0.5, 0.6) is 0 Å². The van der Waals surface area contributed by atoms with E-state index in [1.165, 1.54) is 28.9 Å². The molecule has 216 valence electrons. The van der Waals surface area contributed by atoms with Crippen LogP contribution in [0, 0.1) is 15.5 Å². The number of halogens is 1. The molecule has 0 N–H and O–H groups in total. The van der Waals surface area contributed by atoms with Crippen molar-refractivity contribution < 1.29 is 23.0 Å². The molecule has 10 heteroatoms. The minimum absolute atomic E-state index is 0.0721. The first-order chi connectivity index (χ1) is 17.8. The highest BCUT2D eigenvalue weighted by Crippen LogP contribution is 2.52. The molecule has 0 fully saturated rings. The molecule has 0 saturated heterocycles. The molecule has 1 aromatic rings. The Morgan fingerprint density at radius 1 is 1.11 bits per heavy atom. The normalized spacial score (nSPS) is 14.6. The van der Waals surface area contributed by atoms with Gasteiger partial charge in [0.25, 0.3) is 0 Å². The van der Waals surface area contributed by atoms with E-state index in [0.29, 0.717) is 12.4 Å². The van der Waals surface area contributed by atoms with Gasteiger partial charge in [0, 0.05) is 12.4 Å². The Labute approximate surface area is 233 Å². The van der Waals surface area contributed by atoms with Crippen molar-refractivity contribution >= 4 is 25.2 Å². The second-order valence-electron chi connectivity index (χ2n) is 10.7. The molecule has 0 aromatic carbocycles. The third kappa shape index (κ3) is 13.4. The molecule has 0 amide bonds. The van der Waals surface area contributed by atoms with Crippen LogP contribution >= 0.6 is 19.3 Å². The van der Waals surface area contributed by atoms with Crippen LogP contribution in [0.25, 0.3) is 0 Å². The summed E-state index contributed by atoms with van der Waals surface area (Å²) in [5.41, 5.74) is 3.86. The molecular weight excluding hydrogens is 527 g/mol. The molecule has 0 bridgehead atoms. The lowest BCUT2D eigenvalue weighted by molar-refractivity contribution is -0.402. The fraction of sp³-hybridized carbons (Fsp3) is 0.643. The Balaban J connectivity index is 2.90. The van der Waals surface area contributed by atoms with E-state index in [-0.39, 0.29) is 24.4 Å². The van der Waals surface area contributed by atoms with Gasteiger partial charge in [-0.1, -0.05) is 55.7 Å². The summed E-state index contributed by atoms with van der Waals surface area (Å²) in [6.45, 7) is 13.2. The topological polar surface area (TPSA) is 95.0 Å². The van der Waals surface area contributed by atoms with Crippen LogP contribution in [0.1, 0.15) is 85.8 Å². The molecule has 38 heavy (non-hydrogen) atoms. The van der Waals surface area contributed by atoms with E-state index in [9.17, 15) is 14.7 Å². The van der Waals surface area contributed by atoms with Gasteiger partial charge in [0.1, 0.15) is 17.3 Å². The third-order valence-corrected chi connectivity index (χ3v) is 8.24. The summed E-state index contributed by atoms with van der Waals surface area (Å²) < 4.78 is 32.0. The summed E-state index contributed by atoms with van der Waals surface area (Å²) in [7, 11) is -2.03. The molecule has 1 aromatic heterocycles. The average Bonchev–Trinajstić information content (AvgIpc) is 3.30. The maximum absolute atomic E-state index is 13.7. The number of alkyl halides is 1. The van der Waals surface area contributed by atoms with Gasteiger partial charge in [-0.3, -0.25) is 19.2 Å². The van der Waals surface area contributed by atoms with Crippen LogP contribution < -0.4 is 0 Å². The molecule has 1 rings (SSSR count).